The van der Waals surface area contributed by atoms with Gasteiger partial charge in [0.2, 0.25) is 5.91 Å². The van der Waals surface area contributed by atoms with Crippen molar-refractivity contribution >= 4 is 5.91 Å². The van der Waals surface area contributed by atoms with Gasteiger partial charge < -0.3 is 16.0 Å². The number of carbonyl (C=O) groups excluding carboxylic acids is 1. The zero-order chi connectivity index (χ0) is 19.4. The van der Waals surface area contributed by atoms with E-state index in [2.05, 4.69) is 76.6 Å². The normalized spacial score (nSPS) is 16.8. The standard InChI is InChI=1S/C24H33N3O/c28-24(23-19-25-17-18-26-23)27-22(15-7-13-20-9-3-1-4-10-20)16-8-14-21-11-5-2-6-12-21/h1-6,9-12,22-23,25-26H,7-8,13-19H2,(H,27,28). The van der Waals surface area contributed by atoms with E-state index in [1.54, 1.807) is 0 Å². The minimum Gasteiger partial charge on any atom is -0.352 e. The van der Waals surface area contributed by atoms with Gasteiger partial charge in [-0.15, -0.1) is 0 Å². The molecule has 3 N–H and O–H groups in total. The smallest absolute Gasteiger partial charge is 0.238 e. The highest BCUT2D eigenvalue weighted by atomic mass is 16.2. The van der Waals surface area contributed by atoms with Crippen LogP contribution in [0.2, 0.25) is 0 Å². The molecule has 28 heavy (non-hydrogen) atoms. The predicted octanol–water partition coefficient (Wildman–Crippen LogP) is 3.08. The second kappa shape index (κ2) is 11.6. The summed E-state index contributed by atoms with van der Waals surface area (Å²) in [4.78, 5) is 12.7. The Kier molecular flexibility index (Phi) is 8.54. The van der Waals surface area contributed by atoms with E-state index in [9.17, 15) is 4.79 Å². The Bertz CT molecular complexity index is 638. The SMILES string of the molecule is O=C(NC(CCCc1ccccc1)CCCc1ccccc1)C1CNCCN1. The van der Waals surface area contributed by atoms with Crippen molar-refractivity contribution in [3.8, 4) is 0 Å². The number of aryl methyl sites for hydroxylation is 2. The maximum Gasteiger partial charge on any atom is 0.238 e. The molecule has 0 spiro atoms. The van der Waals surface area contributed by atoms with Crippen molar-refractivity contribution in [3.63, 3.8) is 0 Å². The molecule has 1 saturated heterocycles. The van der Waals surface area contributed by atoms with Gasteiger partial charge in [0.25, 0.3) is 0 Å². The van der Waals surface area contributed by atoms with E-state index in [0.29, 0.717) is 6.54 Å². The van der Waals surface area contributed by atoms with Gasteiger partial charge in [0.05, 0.1) is 6.04 Å². The molecule has 1 heterocycles. The number of piperazine rings is 1. The second-order valence-electron chi connectivity index (χ2n) is 7.67. The Morgan fingerprint density at radius 2 is 1.46 bits per heavy atom. The molecule has 4 nitrogen and oxygen atoms in total. The van der Waals surface area contributed by atoms with Gasteiger partial charge in [-0.25, -0.2) is 0 Å². The number of rotatable bonds is 10. The van der Waals surface area contributed by atoms with Gasteiger partial charge in [-0.05, 0) is 49.7 Å². The second-order valence-corrected chi connectivity index (χ2v) is 7.67. The molecule has 0 saturated carbocycles. The van der Waals surface area contributed by atoms with Crippen LogP contribution < -0.4 is 16.0 Å². The number of hydrogen-bond acceptors (Lipinski definition) is 3. The Balaban J connectivity index is 1.49. The molecule has 0 aliphatic carbocycles. The fourth-order valence-corrected chi connectivity index (χ4v) is 3.82. The first-order valence-electron chi connectivity index (χ1n) is 10.6. The maximum absolute atomic E-state index is 12.7. The van der Waals surface area contributed by atoms with E-state index in [0.717, 1.165) is 51.6 Å². The van der Waals surface area contributed by atoms with Crippen LogP contribution in [0.4, 0.5) is 0 Å². The third-order valence-corrected chi connectivity index (χ3v) is 5.43. The number of benzene rings is 2. The molecule has 1 fully saturated rings. The molecule has 1 amide bonds. The third kappa shape index (κ3) is 7.10. The van der Waals surface area contributed by atoms with Crippen LogP contribution in [-0.2, 0) is 17.6 Å². The minimum absolute atomic E-state index is 0.112. The van der Waals surface area contributed by atoms with Crippen molar-refractivity contribution in [2.24, 2.45) is 0 Å². The van der Waals surface area contributed by atoms with Crippen LogP contribution in [-0.4, -0.2) is 37.6 Å². The van der Waals surface area contributed by atoms with Crippen LogP contribution in [0, 0.1) is 0 Å². The molecule has 150 valence electrons. The summed E-state index contributed by atoms with van der Waals surface area (Å²) < 4.78 is 0. The fraction of sp³-hybridized carbons (Fsp3) is 0.458. The lowest BCUT2D eigenvalue weighted by atomic mass is 9.98. The largest absolute Gasteiger partial charge is 0.352 e. The molecule has 0 radical (unpaired) electrons. The van der Waals surface area contributed by atoms with Gasteiger partial charge in [-0.3, -0.25) is 4.79 Å². The number of nitrogens with one attached hydrogen (secondary N) is 3. The van der Waals surface area contributed by atoms with Crippen LogP contribution in [0.5, 0.6) is 0 Å². The van der Waals surface area contributed by atoms with Gasteiger partial charge >= 0.3 is 0 Å². The highest BCUT2D eigenvalue weighted by Crippen LogP contribution is 2.13. The summed E-state index contributed by atoms with van der Waals surface area (Å²) in [6.07, 6.45) is 6.36. The van der Waals surface area contributed by atoms with E-state index >= 15 is 0 Å². The van der Waals surface area contributed by atoms with E-state index in [4.69, 9.17) is 0 Å². The minimum atomic E-state index is -0.112. The molecular formula is C24H33N3O. The van der Waals surface area contributed by atoms with E-state index in [1.165, 1.54) is 11.1 Å². The summed E-state index contributed by atoms with van der Waals surface area (Å²) in [6, 6.07) is 21.3. The Labute approximate surface area is 169 Å². The first-order chi connectivity index (χ1) is 13.8. The summed E-state index contributed by atoms with van der Waals surface area (Å²) in [6.45, 7) is 2.50. The quantitative estimate of drug-likeness (QED) is 0.595. The summed E-state index contributed by atoms with van der Waals surface area (Å²) in [5.41, 5.74) is 2.74. The van der Waals surface area contributed by atoms with Crippen LogP contribution in [0.15, 0.2) is 60.7 Å². The zero-order valence-electron chi connectivity index (χ0n) is 16.7. The molecule has 1 unspecified atom stereocenters. The van der Waals surface area contributed by atoms with Gasteiger partial charge in [0.1, 0.15) is 0 Å². The molecule has 0 bridgehead atoms. The van der Waals surface area contributed by atoms with E-state index in [1.807, 2.05) is 0 Å². The Morgan fingerprint density at radius 3 is 1.96 bits per heavy atom. The van der Waals surface area contributed by atoms with Crippen LogP contribution in [0.25, 0.3) is 0 Å². The van der Waals surface area contributed by atoms with Crippen molar-refractivity contribution in [1.29, 1.82) is 0 Å². The lowest BCUT2D eigenvalue weighted by molar-refractivity contribution is -0.124. The van der Waals surface area contributed by atoms with Crippen molar-refractivity contribution in [3.05, 3.63) is 71.8 Å². The monoisotopic (exact) mass is 379 g/mol. The van der Waals surface area contributed by atoms with Crippen molar-refractivity contribution in [2.75, 3.05) is 19.6 Å². The number of carbonyl (C=O) groups is 1. The third-order valence-electron chi connectivity index (χ3n) is 5.43. The molecule has 0 aromatic heterocycles. The highest BCUT2D eigenvalue weighted by Gasteiger charge is 2.22. The average molecular weight is 380 g/mol. The summed E-state index contributed by atoms with van der Waals surface area (Å²) in [7, 11) is 0. The maximum atomic E-state index is 12.7. The summed E-state index contributed by atoms with van der Waals surface area (Å²) in [5, 5.41) is 9.93. The summed E-state index contributed by atoms with van der Waals surface area (Å²) >= 11 is 0. The Hall–Kier alpha value is -2.17. The molecule has 3 rings (SSSR count). The number of hydrogen-bond donors (Lipinski definition) is 3. The summed E-state index contributed by atoms with van der Waals surface area (Å²) in [5.74, 6) is 0.136. The lowest BCUT2D eigenvalue weighted by Gasteiger charge is -2.26. The molecule has 2 aromatic rings. The molecule has 1 aliphatic heterocycles. The van der Waals surface area contributed by atoms with Crippen molar-refractivity contribution < 1.29 is 4.79 Å². The number of amides is 1. The van der Waals surface area contributed by atoms with Crippen LogP contribution in [0.1, 0.15) is 36.8 Å². The highest BCUT2D eigenvalue weighted by molar-refractivity contribution is 5.82. The van der Waals surface area contributed by atoms with Crippen LogP contribution >= 0.6 is 0 Å². The van der Waals surface area contributed by atoms with E-state index in [-0.39, 0.29) is 18.0 Å². The van der Waals surface area contributed by atoms with Gasteiger partial charge in [0.15, 0.2) is 0 Å². The first kappa shape index (κ1) is 20.6. The van der Waals surface area contributed by atoms with Gasteiger partial charge in [-0.2, -0.15) is 0 Å². The molecule has 2 aromatic carbocycles. The molecule has 1 atom stereocenters. The molecular weight excluding hydrogens is 346 g/mol. The van der Waals surface area contributed by atoms with Gasteiger partial charge in [-0.1, -0.05) is 60.7 Å². The first-order valence-corrected chi connectivity index (χ1v) is 10.6. The van der Waals surface area contributed by atoms with Gasteiger partial charge in [0, 0.05) is 25.7 Å². The molecule has 1 aliphatic rings. The van der Waals surface area contributed by atoms with Crippen molar-refractivity contribution in [2.45, 2.75) is 50.6 Å². The zero-order valence-corrected chi connectivity index (χ0v) is 16.7. The van der Waals surface area contributed by atoms with Crippen LogP contribution in [0.3, 0.4) is 0 Å². The average Bonchev–Trinajstić information content (AvgIpc) is 2.75. The Morgan fingerprint density at radius 1 is 0.893 bits per heavy atom. The van der Waals surface area contributed by atoms with E-state index < -0.39 is 0 Å². The van der Waals surface area contributed by atoms with Crippen molar-refractivity contribution in [1.82, 2.24) is 16.0 Å². The predicted molar refractivity (Wildman–Crippen MR) is 115 cm³/mol. The topological polar surface area (TPSA) is 53.2 Å². The fourth-order valence-electron chi connectivity index (χ4n) is 3.82. The molecule has 4 heteroatoms. The lowest BCUT2D eigenvalue weighted by Crippen LogP contribution is -2.57.